The molecule has 0 saturated heterocycles. The first-order valence-corrected chi connectivity index (χ1v) is 11.2. The molecule has 0 fully saturated rings. The topological polar surface area (TPSA) is 123 Å². The zero-order valence-corrected chi connectivity index (χ0v) is 18.8. The predicted octanol–water partition coefficient (Wildman–Crippen LogP) is 4.78. The van der Waals surface area contributed by atoms with Crippen LogP contribution in [0.5, 0.6) is 0 Å². The van der Waals surface area contributed by atoms with Crippen molar-refractivity contribution in [3.8, 4) is 22.9 Å². The Hall–Kier alpha value is -3.92. The van der Waals surface area contributed by atoms with Gasteiger partial charge in [0, 0.05) is 17.8 Å². The van der Waals surface area contributed by atoms with E-state index in [2.05, 4.69) is 25.8 Å². The van der Waals surface area contributed by atoms with Gasteiger partial charge in [-0.15, -0.1) is 10.2 Å². The van der Waals surface area contributed by atoms with Gasteiger partial charge in [0.25, 0.3) is 0 Å². The van der Waals surface area contributed by atoms with E-state index in [1.54, 1.807) is 61.9 Å². The number of carbonyl (C=O) groups is 2. The average molecular weight is 464 g/mol. The molecule has 0 radical (unpaired) electrons. The molecule has 0 aliphatic carbocycles. The number of nitrogens with zero attached hydrogens (tertiary/aromatic N) is 3. The summed E-state index contributed by atoms with van der Waals surface area (Å²) in [6, 6.07) is 12.4. The van der Waals surface area contributed by atoms with Crippen LogP contribution in [0.25, 0.3) is 22.9 Å². The second kappa shape index (κ2) is 10.1. The molecule has 0 atom stereocenters. The second-order valence-electron chi connectivity index (χ2n) is 7.01. The van der Waals surface area contributed by atoms with Crippen molar-refractivity contribution in [3.05, 3.63) is 60.6 Å². The zero-order valence-electron chi connectivity index (χ0n) is 18.0. The summed E-state index contributed by atoms with van der Waals surface area (Å²) in [5, 5.41) is 14.4. The maximum atomic E-state index is 12.5. The minimum absolute atomic E-state index is 0.0631. The van der Waals surface area contributed by atoms with Crippen molar-refractivity contribution in [1.82, 2.24) is 15.2 Å². The number of carbonyl (C=O) groups excluding carboxylic acids is 2. The van der Waals surface area contributed by atoms with Crippen LogP contribution in [0.2, 0.25) is 0 Å². The van der Waals surface area contributed by atoms with Gasteiger partial charge in [-0.05, 0) is 55.0 Å². The minimum atomic E-state index is -0.219. The summed E-state index contributed by atoms with van der Waals surface area (Å²) in [4.78, 5) is 28.6. The van der Waals surface area contributed by atoms with Crippen molar-refractivity contribution < 1.29 is 18.4 Å². The lowest BCUT2D eigenvalue weighted by Crippen LogP contribution is -2.15. The maximum absolute atomic E-state index is 12.5. The van der Waals surface area contributed by atoms with Gasteiger partial charge >= 0.3 is 0 Å². The normalized spacial score (nSPS) is 10.7. The van der Waals surface area contributed by atoms with Gasteiger partial charge in [-0.25, -0.2) is 4.98 Å². The first-order chi connectivity index (χ1) is 16.0. The number of rotatable bonds is 8. The highest BCUT2D eigenvalue weighted by molar-refractivity contribution is 7.99. The number of aromatic nitrogens is 3. The summed E-state index contributed by atoms with van der Waals surface area (Å²) in [5.41, 5.74) is 3.14. The number of thioether (sulfide) groups is 1. The van der Waals surface area contributed by atoms with Crippen LogP contribution in [0.4, 0.5) is 11.4 Å². The maximum Gasteiger partial charge on any atom is 0.234 e. The smallest absolute Gasteiger partial charge is 0.234 e. The fraction of sp³-hybridized carbons (Fsp3) is 0.174. The molecule has 0 bridgehead atoms. The van der Waals surface area contributed by atoms with E-state index in [0.717, 1.165) is 23.0 Å². The summed E-state index contributed by atoms with van der Waals surface area (Å²) >= 11 is 1.16. The number of anilines is 2. The number of nitrogens with one attached hydrogen (secondary N) is 2. The monoisotopic (exact) mass is 463 g/mol. The van der Waals surface area contributed by atoms with Crippen molar-refractivity contribution in [1.29, 1.82) is 0 Å². The van der Waals surface area contributed by atoms with Crippen molar-refractivity contribution in [2.75, 3.05) is 16.4 Å². The number of aryl methyl sites for hydroxylation is 1. The fourth-order valence-corrected chi connectivity index (χ4v) is 3.57. The van der Waals surface area contributed by atoms with Gasteiger partial charge in [0.15, 0.2) is 17.2 Å². The van der Waals surface area contributed by atoms with Crippen molar-refractivity contribution >= 4 is 35.0 Å². The molecule has 3 aromatic heterocycles. The molecule has 0 aliphatic rings. The highest BCUT2D eigenvalue weighted by Crippen LogP contribution is 2.30. The van der Waals surface area contributed by atoms with E-state index in [9.17, 15) is 9.59 Å². The standard InChI is InChI=1S/C23H21N5O4S/c1-3-19(29)25-16-9-8-15(12-14(16)2)24-20(30)13-33-23-26-21(17-6-4-10-31-17)22(27-28-23)18-7-5-11-32-18/h4-12H,3,13H2,1-2H3,(H,24,30)(H,25,29). The molecular formula is C23H21N5O4S. The van der Waals surface area contributed by atoms with E-state index >= 15 is 0 Å². The number of amides is 2. The largest absolute Gasteiger partial charge is 0.463 e. The van der Waals surface area contributed by atoms with Gasteiger partial charge in [-0.2, -0.15) is 0 Å². The van der Waals surface area contributed by atoms with Crippen molar-refractivity contribution in [2.45, 2.75) is 25.4 Å². The lowest BCUT2D eigenvalue weighted by atomic mass is 10.1. The van der Waals surface area contributed by atoms with Crippen LogP contribution in [-0.2, 0) is 9.59 Å². The quantitative estimate of drug-likeness (QED) is 0.358. The summed E-state index contributed by atoms with van der Waals surface area (Å²) in [6.07, 6.45) is 3.49. The third-order valence-electron chi connectivity index (χ3n) is 4.61. The van der Waals surface area contributed by atoms with Crippen molar-refractivity contribution in [3.63, 3.8) is 0 Å². The van der Waals surface area contributed by atoms with Crippen LogP contribution < -0.4 is 10.6 Å². The van der Waals surface area contributed by atoms with E-state index in [1.165, 1.54) is 0 Å². The predicted molar refractivity (Wildman–Crippen MR) is 125 cm³/mol. The van der Waals surface area contributed by atoms with Gasteiger partial charge in [0.05, 0.1) is 18.3 Å². The molecule has 10 heteroatoms. The third kappa shape index (κ3) is 5.47. The van der Waals surface area contributed by atoms with E-state index in [4.69, 9.17) is 8.83 Å². The molecule has 2 N–H and O–H groups in total. The summed E-state index contributed by atoms with van der Waals surface area (Å²) in [6.45, 7) is 3.66. The highest BCUT2D eigenvalue weighted by atomic mass is 32.2. The van der Waals surface area contributed by atoms with Gasteiger partial charge in [0.2, 0.25) is 17.0 Å². The number of hydrogen-bond donors (Lipinski definition) is 2. The Balaban J connectivity index is 1.43. The van der Waals surface area contributed by atoms with Crippen LogP contribution in [0.3, 0.4) is 0 Å². The van der Waals surface area contributed by atoms with Gasteiger partial charge in [-0.3, -0.25) is 9.59 Å². The van der Waals surface area contributed by atoms with Gasteiger partial charge in [-0.1, -0.05) is 18.7 Å². The lowest BCUT2D eigenvalue weighted by Gasteiger charge is -2.10. The Bertz CT molecular complexity index is 1260. The Morgan fingerprint density at radius 3 is 2.30 bits per heavy atom. The average Bonchev–Trinajstić information content (AvgIpc) is 3.54. The van der Waals surface area contributed by atoms with E-state index < -0.39 is 0 Å². The molecule has 2 amide bonds. The van der Waals surface area contributed by atoms with Crippen molar-refractivity contribution in [2.24, 2.45) is 0 Å². The Kier molecular flexibility index (Phi) is 6.84. The highest BCUT2D eigenvalue weighted by Gasteiger charge is 2.18. The first kappa shape index (κ1) is 22.3. The van der Waals surface area contributed by atoms with Crippen LogP contribution in [-0.4, -0.2) is 32.7 Å². The number of hydrogen-bond acceptors (Lipinski definition) is 8. The summed E-state index contributed by atoms with van der Waals surface area (Å²) in [5.74, 6) is 0.847. The Morgan fingerprint density at radius 1 is 0.939 bits per heavy atom. The molecular weight excluding hydrogens is 442 g/mol. The molecule has 0 saturated carbocycles. The fourth-order valence-electron chi connectivity index (χ4n) is 2.98. The number of benzene rings is 1. The Morgan fingerprint density at radius 2 is 1.67 bits per heavy atom. The van der Waals surface area contributed by atoms with Crippen LogP contribution in [0.1, 0.15) is 18.9 Å². The minimum Gasteiger partial charge on any atom is -0.463 e. The van der Waals surface area contributed by atoms with Crippen LogP contribution >= 0.6 is 11.8 Å². The molecule has 4 rings (SSSR count). The molecule has 0 unspecified atom stereocenters. The van der Waals surface area contributed by atoms with E-state index in [1.807, 2.05) is 6.92 Å². The molecule has 0 spiro atoms. The molecule has 9 nitrogen and oxygen atoms in total. The summed E-state index contributed by atoms with van der Waals surface area (Å²) < 4.78 is 10.9. The van der Waals surface area contributed by atoms with Gasteiger partial charge in [0.1, 0.15) is 5.69 Å². The SMILES string of the molecule is CCC(=O)Nc1ccc(NC(=O)CSc2nnc(-c3ccco3)c(-c3ccco3)n2)cc1C. The molecule has 3 heterocycles. The molecule has 4 aromatic rings. The molecule has 168 valence electrons. The van der Waals surface area contributed by atoms with Gasteiger partial charge < -0.3 is 19.5 Å². The van der Waals surface area contributed by atoms with Crippen LogP contribution in [0.15, 0.2) is 69.0 Å². The zero-order chi connectivity index (χ0) is 23.2. The summed E-state index contributed by atoms with van der Waals surface area (Å²) in [7, 11) is 0. The third-order valence-corrected chi connectivity index (χ3v) is 5.45. The van der Waals surface area contributed by atoms with E-state index in [-0.39, 0.29) is 17.6 Å². The number of furan rings is 2. The van der Waals surface area contributed by atoms with E-state index in [0.29, 0.717) is 40.2 Å². The first-order valence-electron chi connectivity index (χ1n) is 10.2. The molecule has 1 aromatic carbocycles. The lowest BCUT2D eigenvalue weighted by molar-refractivity contribution is -0.116. The molecule has 33 heavy (non-hydrogen) atoms. The Labute approximate surface area is 194 Å². The van der Waals surface area contributed by atoms with Crippen LogP contribution in [0, 0.1) is 6.92 Å². The second-order valence-corrected chi connectivity index (χ2v) is 7.96. The molecule has 0 aliphatic heterocycles.